The fourth-order valence-electron chi connectivity index (χ4n) is 2.68. The maximum atomic E-state index is 12.2. The predicted molar refractivity (Wildman–Crippen MR) is 119 cm³/mol. The Morgan fingerprint density at radius 2 is 2.03 bits per heavy atom. The van der Waals surface area contributed by atoms with Crippen molar-refractivity contribution in [2.75, 3.05) is 7.11 Å². The van der Waals surface area contributed by atoms with E-state index in [0.29, 0.717) is 21.5 Å². The van der Waals surface area contributed by atoms with Gasteiger partial charge in [0.15, 0.2) is 0 Å². The summed E-state index contributed by atoms with van der Waals surface area (Å²) in [6.45, 7) is 0.261. The number of hydrazone groups is 1. The number of phenolic OH excluding ortho intramolecular Hbond substituents is 1. The monoisotopic (exact) mass is 479 g/mol. The molecular weight excluding hydrogens is 462 g/mol. The molecule has 0 aliphatic heterocycles. The molecule has 0 saturated carbocycles. The lowest BCUT2D eigenvalue weighted by Gasteiger charge is -2.10. The Labute approximate surface area is 187 Å². The number of carbonyl (C=O) groups excluding carboxylic acids is 1. The normalized spacial score (nSPS) is 10.5. The zero-order valence-corrected chi connectivity index (χ0v) is 18.1. The predicted octanol–water partition coefficient (Wildman–Crippen LogP) is 4.38. The van der Waals surface area contributed by atoms with Crippen molar-refractivity contribution in [2.24, 2.45) is 5.10 Å². The SMILES string of the molecule is COc1ccc(C(=O)N/N=C\c2ccc(OCc3ccccc3C#N)c(Br)c2)c(O)c1. The molecule has 2 N–H and O–H groups in total. The van der Waals surface area contributed by atoms with E-state index < -0.39 is 5.91 Å². The van der Waals surface area contributed by atoms with Crippen molar-refractivity contribution in [1.82, 2.24) is 5.43 Å². The molecule has 156 valence electrons. The first-order valence-electron chi connectivity index (χ1n) is 9.12. The number of nitrogens with zero attached hydrogens (tertiary/aromatic N) is 2. The molecule has 0 atom stereocenters. The maximum Gasteiger partial charge on any atom is 0.275 e. The van der Waals surface area contributed by atoms with E-state index in [4.69, 9.17) is 14.7 Å². The average Bonchev–Trinajstić information content (AvgIpc) is 2.78. The van der Waals surface area contributed by atoms with Crippen LogP contribution in [0.1, 0.15) is 27.0 Å². The van der Waals surface area contributed by atoms with Crippen LogP contribution in [0.15, 0.2) is 70.2 Å². The van der Waals surface area contributed by atoms with Crippen molar-refractivity contribution in [2.45, 2.75) is 6.61 Å². The highest BCUT2D eigenvalue weighted by Crippen LogP contribution is 2.27. The van der Waals surface area contributed by atoms with E-state index in [0.717, 1.165) is 11.1 Å². The van der Waals surface area contributed by atoms with Crippen molar-refractivity contribution in [3.8, 4) is 23.3 Å². The van der Waals surface area contributed by atoms with Gasteiger partial charge in [0.25, 0.3) is 5.91 Å². The summed E-state index contributed by atoms with van der Waals surface area (Å²) in [5, 5.41) is 23.0. The number of nitriles is 1. The molecule has 0 unspecified atom stereocenters. The Bertz CT molecular complexity index is 1170. The molecule has 1 amide bonds. The van der Waals surface area contributed by atoms with E-state index in [9.17, 15) is 9.90 Å². The first-order valence-corrected chi connectivity index (χ1v) is 9.92. The molecule has 0 heterocycles. The highest BCUT2D eigenvalue weighted by Gasteiger charge is 2.11. The van der Waals surface area contributed by atoms with E-state index in [1.807, 2.05) is 12.1 Å². The minimum Gasteiger partial charge on any atom is -0.507 e. The highest BCUT2D eigenvalue weighted by atomic mass is 79.9. The zero-order valence-electron chi connectivity index (χ0n) is 16.5. The van der Waals surface area contributed by atoms with Crippen LogP contribution >= 0.6 is 15.9 Å². The van der Waals surface area contributed by atoms with Gasteiger partial charge in [-0.25, -0.2) is 5.43 Å². The summed E-state index contributed by atoms with van der Waals surface area (Å²) in [4.78, 5) is 12.2. The van der Waals surface area contributed by atoms with Crippen LogP contribution < -0.4 is 14.9 Å². The number of nitrogens with one attached hydrogen (secondary N) is 1. The van der Waals surface area contributed by atoms with Crippen LogP contribution in [0.3, 0.4) is 0 Å². The van der Waals surface area contributed by atoms with Crippen molar-refractivity contribution in [3.05, 3.63) is 87.4 Å². The maximum absolute atomic E-state index is 12.2. The number of hydrogen-bond donors (Lipinski definition) is 2. The van der Waals surface area contributed by atoms with Gasteiger partial charge in [-0.3, -0.25) is 4.79 Å². The molecule has 0 fully saturated rings. The molecule has 0 bridgehead atoms. The molecule has 0 aliphatic carbocycles. The molecule has 31 heavy (non-hydrogen) atoms. The first-order chi connectivity index (χ1) is 15.0. The lowest BCUT2D eigenvalue weighted by molar-refractivity contribution is 0.0952. The third kappa shape index (κ3) is 5.62. The summed E-state index contributed by atoms with van der Waals surface area (Å²) >= 11 is 3.45. The minimum absolute atomic E-state index is 0.0838. The Morgan fingerprint density at radius 3 is 2.74 bits per heavy atom. The summed E-state index contributed by atoms with van der Waals surface area (Å²) in [6, 6.07) is 19.1. The molecule has 0 aliphatic rings. The van der Waals surface area contributed by atoms with Crippen molar-refractivity contribution in [1.29, 1.82) is 5.26 Å². The van der Waals surface area contributed by atoms with Crippen LogP contribution in [0.2, 0.25) is 0 Å². The summed E-state index contributed by atoms with van der Waals surface area (Å²) < 4.78 is 11.5. The quantitative estimate of drug-likeness (QED) is 0.386. The lowest BCUT2D eigenvalue weighted by Crippen LogP contribution is -2.17. The van der Waals surface area contributed by atoms with Gasteiger partial charge in [0, 0.05) is 11.6 Å². The van der Waals surface area contributed by atoms with Crippen LogP contribution in [0, 0.1) is 11.3 Å². The molecular formula is C23H18BrN3O4. The van der Waals surface area contributed by atoms with Gasteiger partial charge in [-0.2, -0.15) is 10.4 Å². The van der Waals surface area contributed by atoms with Crippen molar-refractivity contribution < 1.29 is 19.4 Å². The summed E-state index contributed by atoms with van der Waals surface area (Å²) in [5.41, 5.74) is 4.54. The van der Waals surface area contributed by atoms with Crippen LogP contribution in [0.25, 0.3) is 0 Å². The largest absolute Gasteiger partial charge is 0.507 e. The van der Waals surface area contributed by atoms with E-state index >= 15 is 0 Å². The van der Waals surface area contributed by atoms with Gasteiger partial charge < -0.3 is 14.6 Å². The second-order valence-electron chi connectivity index (χ2n) is 6.33. The molecule has 3 aromatic carbocycles. The van der Waals surface area contributed by atoms with E-state index in [1.54, 1.807) is 36.4 Å². The number of carbonyl (C=O) groups is 1. The summed E-state index contributed by atoms with van der Waals surface area (Å²) in [6.07, 6.45) is 1.47. The number of aromatic hydroxyl groups is 1. The van der Waals surface area contributed by atoms with Gasteiger partial charge >= 0.3 is 0 Å². The average molecular weight is 480 g/mol. The van der Waals surface area contributed by atoms with E-state index in [2.05, 4.69) is 32.5 Å². The second-order valence-corrected chi connectivity index (χ2v) is 7.18. The topological polar surface area (TPSA) is 104 Å². The van der Waals surface area contributed by atoms with Crippen LogP contribution in [-0.4, -0.2) is 24.3 Å². The highest BCUT2D eigenvalue weighted by molar-refractivity contribution is 9.10. The smallest absolute Gasteiger partial charge is 0.275 e. The lowest BCUT2D eigenvalue weighted by atomic mass is 10.1. The van der Waals surface area contributed by atoms with E-state index in [-0.39, 0.29) is 17.9 Å². The van der Waals surface area contributed by atoms with E-state index in [1.165, 1.54) is 25.5 Å². The first kappa shape index (κ1) is 21.9. The number of amides is 1. The zero-order chi connectivity index (χ0) is 22.2. The molecule has 0 spiro atoms. The molecule has 3 aromatic rings. The molecule has 7 nitrogen and oxygen atoms in total. The second kappa shape index (κ2) is 10.3. The molecule has 0 aromatic heterocycles. The van der Waals surface area contributed by atoms with Gasteiger partial charge in [0.2, 0.25) is 0 Å². The van der Waals surface area contributed by atoms with Gasteiger partial charge in [-0.1, -0.05) is 18.2 Å². The van der Waals surface area contributed by atoms with Gasteiger partial charge in [-0.05, 0) is 57.9 Å². The van der Waals surface area contributed by atoms with Crippen LogP contribution in [-0.2, 0) is 6.61 Å². The van der Waals surface area contributed by atoms with Gasteiger partial charge in [0.05, 0.1) is 35.0 Å². The van der Waals surface area contributed by atoms with Gasteiger partial charge in [-0.15, -0.1) is 0 Å². The fourth-order valence-corrected chi connectivity index (χ4v) is 3.19. The molecule has 8 heteroatoms. The van der Waals surface area contributed by atoms with Crippen LogP contribution in [0.4, 0.5) is 0 Å². The number of methoxy groups -OCH3 is 1. The Hall–Kier alpha value is -3.83. The number of rotatable bonds is 7. The molecule has 0 radical (unpaired) electrons. The van der Waals surface area contributed by atoms with Crippen LogP contribution in [0.5, 0.6) is 17.2 Å². The third-order valence-corrected chi connectivity index (χ3v) is 4.93. The number of hydrogen-bond acceptors (Lipinski definition) is 6. The third-order valence-electron chi connectivity index (χ3n) is 4.31. The number of benzene rings is 3. The Balaban J connectivity index is 1.61. The van der Waals surface area contributed by atoms with Crippen molar-refractivity contribution in [3.63, 3.8) is 0 Å². The summed E-state index contributed by atoms with van der Waals surface area (Å²) in [7, 11) is 1.47. The standard InChI is InChI=1S/C23H18BrN3O4/c1-30-18-7-8-19(21(28)11-18)23(29)27-26-13-15-6-9-22(20(24)10-15)31-14-17-5-3-2-4-16(17)12-25/h2-11,13,28H,14H2,1H3,(H,27,29)/b26-13-. The number of phenols is 1. The van der Waals surface area contributed by atoms with Crippen molar-refractivity contribution >= 4 is 28.1 Å². The van der Waals surface area contributed by atoms with Gasteiger partial charge in [0.1, 0.15) is 23.9 Å². The Kier molecular flexibility index (Phi) is 7.25. The molecule has 3 rings (SSSR count). The molecule has 0 saturated heterocycles. The minimum atomic E-state index is -0.549. The number of ether oxygens (including phenoxy) is 2. The Morgan fingerprint density at radius 1 is 1.23 bits per heavy atom. The fraction of sp³-hybridized carbons (Fsp3) is 0.0870. The summed E-state index contributed by atoms with van der Waals surface area (Å²) in [5.74, 6) is 0.304. The number of halogens is 1.